The smallest absolute Gasteiger partial charge is 0.259 e. The lowest BCUT2D eigenvalue weighted by Crippen LogP contribution is -2.34. The van der Waals surface area contributed by atoms with E-state index in [4.69, 9.17) is 19.4 Å². The second kappa shape index (κ2) is 9.71. The quantitative estimate of drug-likeness (QED) is 0.262. The number of nitrogens with zero attached hydrogens (tertiary/aromatic N) is 2. The van der Waals surface area contributed by atoms with Gasteiger partial charge in [-0.05, 0) is 99.7 Å². The molecule has 0 saturated heterocycles. The van der Waals surface area contributed by atoms with Crippen molar-refractivity contribution < 1.29 is 14.2 Å². The summed E-state index contributed by atoms with van der Waals surface area (Å²) in [6.07, 6.45) is 12.8. The molecule has 0 aromatic heterocycles. The van der Waals surface area contributed by atoms with E-state index in [0.717, 1.165) is 59.9 Å². The summed E-state index contributed by atoms with van der Waals surface area (Å²) >= 11 is 0. The van der Waals surface area contributed by atoms with Gasteiger partial charge in [-0.1, -0.05) is 24.3 Å². The molecule has 0 spiro atoms. The van der Waals surface area contributed by atoms with E-state index < -0.39 is 8.53 Å². The molecule has 6 rings (SSSR count). The first kappa shape index (κ1) is 24.0. The Hall–Kier alpha value is -0.760. The number of allylic oxidation sites excluding steroid dienone is 4. The molecule has 5 nitrogen and oxygen atoms in total. The molecule has 4 fully saturated rings. The third-order valence-corrected chi connectivity index (χ3v) is 11.2. The van der Waals surface area contributed by atoms with Crippen LogP contribution in [0.15, 0.2) is 24.3 Å². The number of hydrogen-bond donors (Lipinski definition) is 1. The molecule has 33 heavy (non-hydrogen) atoms. The Balaban J connectivity index is 0.000000186. The predicted octanol–water partition coefficient (Wildman–Crippen LogP) is 5.39. The van der Waals surface area contributed by atoms with Gasteiger partial charge in [-0.25, -0.2) is 4.67 Å². The second-order valence-corrected chi connectivity index (χ2v) is 13.0. The van der Waals surface area contributed by atoms with Gasteiger partial charge in [0.05, 0.1) is 25.7 Å². The highest BCUT2D eigenvalue weighted by atomic mass is 31.2. The summed E-state index contributed by atoms with van der Waals surface area (Å²) in [5.74, 6) is 8.25. The van der Waals surface area contributed by atoms with E-state index in [1.54, 1.807) is 0 Å². The van der Waals surface area contributed by atoms with Crippen LogP contribution in [-0.4, -0.2) is 41.7 Å². The van der Waals surface area contributed by atoms with Crippen LogP contribution in [-0.2, 0) is 9.05 Å². The standard InChI is InChI=1S/C18H29N2O2P.C9H12O/c1-12(2)20(13(3)4)23(21-9-5-8-19)22-11-16-17-14-6-7-15(10-14)18(16)17;10-4-7-8-5-1-2-6(3-5)9(7)8/h6-7,12-18H,5,9-11H2,1-4H3;1-2,5-10H,3-4H2. The van der Waals surface area contributed by atoms with E-state index in [1.165, 1.54) is 12.8 Å². The van der Waals surface area contributed by atoms with Crippen molar-refractivity contribution in [2.75, 3.05) is 19.8 Å². The van der Waals surface area contributed by atoms with Crippen LogP contribution in [0.1, 0.15) is 47.0 Å². The maximum atomic E-state index is 8.95. The monoisotopic (exact) mass is 472 g/mol. The Morgan fingerprint density at radius 2 is 1.36 bits per heavy atom. The van der Waals surface area contributed by atoms with Gasteiger partial charge in [0.2, 0.25) is 0 Å². The van der Waals surface area contributed by atoms with Crippen molar-refractivity contribution in [1.29, 1.82) is 5.26 Å². The van der Waals surface area contributed by atoms with Crippen LogP contribution in [0.4, 0.5) is 0 Å². The fourth-order valence-corrected chi connectivity index (χ4v) is 9.49. The average Bonchev–Trinajstić information content (AvgIpc) is 3.36. The van der Waals surface area contributed by atoms with Crippen LogP contribution >= 0.6 is 8.53 Å². The highest BCUT2D eigenvalue weighted by Crippen LogP contribution is 2.68. The first-order valence-electron chi connectivity index (χ1n) is 13.1. The first-order chi connectivity index (χ1) is 16.0. The van der Waals surface area contributed by atoms with Crippen molar-refractivity contribution in [3.05, 3.63) is 24.3 Å². The van der Waals surface area contributed by atoms with Gasteiger partial charge in [0, 0.05) is 18.7 Å². The molecule has 0 heterocycles. The predicted molar refractivity (Wildman–Crippen MR) is 131 cm³/mol. The molecule has 6 aliphatic carbocycles. The zero-order chi connectivity index (χ0) is 23.3. The van der Waals surface area contributed by atoms with E-state index in [0.29, 0.717) is 37.6 Å². The molecule has 4 saturated carbocycles. The average molecular weight is 473 g/mol. The minimum atomic E-state index is -1.07. The van der Waals surface area contributed by atoms with Crippen molar-refractivity contribution in [2.24, 2.45) is 59.2 Å². The topological polar surface area (TPSA) is 65.7 Å². The van der Waals surface area contributed by atoms with Crippen molar-refractivity contribution in [3.8, 4) is 6.07 Å². The number of hydrogen-bond acceptors (Lipinski definition) is 5. The zero-order valence-electron chi connectivity index (χ0n) is 20.6. The van der Waals surface area contributed by atoms with Crippen LogP contribution in [0.25, 0.3) is 0 Å². The summed E-state index contributed by atoms with van der Waals surface area (Å²) in [4.78, 5) is 0. The van der Waals surface area contributed by atoms with Crippen LogP contribution in [0.3, 0.4) is 0 Å². The van der Waals surface area contributed by atoms with Crippen molar-refractivity contribution in [3.63, 3.8) is 0 Å². The second-order valence-electron chi connectivity index (χ2n) is 11.6. The Bertz CT molecular complexity index is 764. The van der Waals surface area contributed by atoms with Crippen LogP contribution < -0.4 is 0 Å². The normalized spacial score (nSPS) is 43.0. The van der Waals surface area contributed by atoms with Gasteiger partial charge in [-0.3, -0.25) is 0 Å². The zero-order valence-corrected chi connectivity index (χ0v) is 21.5. The van der Waals surface area contributed by atoms with Gasteiger partial charge in [0.15, 0.2) is 0 Å². The van der Waals surface area contributed by atoms with Gasteiger partial charge >= 0.3 is 0 Å². The molecule has 182 valence electrons. The molecule has 6 aliphatic rings. The molecule has 0 aromatic rings. The van der Waals surface area contributed by atoms with Gasteiger partial charge < -0.3 is 14.2 Å². The lowest BCUT2D eigenvalue weighted by molar-refractivity contribution is 0.165. The number of aliphatic hydroxyl groups excluding tert-OH is 1. The highest BCUT2D eigenvalue weighted by molar-refractivity contribution is 7.44. The summed E-state index contributed by atoms with van der Waals surface area (Å²) < 4.78 is 14.6. The van der Waals surface area contributed by atoms with E-state index in [2.05, 4.69) is 62.7 Å². The number of rotatable bonds is 10. The molecule has 0 radical (unpaired) electrons. The van der Waals surface area contributed by atoms with Gasteiger partial charge in [-0.2, -0.15) is 5.26 Å². The number of nitriles is 1. The number of aliphatic hydroxyl groups is 1. The van der Waals surface area contributed by atoms with Crippen molar-refractivity contribution in [1.82, 2.24) is 4.67 Å². The van der Waals surface area contributed by atoms with Gasteiger partial charge in [0.1, 0.15) is 0 Å². The Morgan fingerprint density at radius 1 is 0.879 bits per heavy atom. The fraction of sp³-hybridized carbons (Fsp3) is 0.815. The fourth-order valence-electron chi connectivity index (χ4n) is 7.85. The molecule has 0 amide bonds. The minimum absolute atomic E-state index is 0.375. The lowest BCUT2D eigenvalue weighted by Gasteiger charge is -2.35. The molecule has 9 unspecified atom stereocenters. The van der Waals surface area contributed by atoms with Crippen LogP contribution in [0.5, 0.6) is 0 Å². The molecule has 0 aromatic carbocycles. The third kappa shape index (κ3) is 4.48. The Kier molecular flexibility index (Phi) is 7.05. The molecular formula is C27H41N2O3P. The van der Waals surface area contributed by atoms with Gasteiger partial charge in [-0.15, -0.1) is 0 Å². The van der Waals surface area contributed by atoms with E-state index in [-0.39, 0.29) is 0 Å². The maximum absolute atomic E-state index is 8.95. The SMILES string of the molecule is CC(C)N(C(C)C)P(OCCC#N)OCC1C2C3C=CC(C3)C12.OCC1C2C3C=CC(C3)C12. The Labute approximate surface area is 201 Å². The summed E-state index contributed by atoms with van der Waals surface area (Å²) in [5, 5.41) is 17.7. The summed E-state index contributed by atoms with van der Waals surface area (Å²) in [6.45, 7) is 10.4. The molecule has 0 aliphatic heterocycles. The third-order valence-electron chi connectivity index (χ3n) is 9.11. The molecule has 1 N–H and O–H groups in total. The van der Waals surface area contributed by atoms with E-state index in [9.17, 15) is 0 Å². The molecule has 6 heteroatoms. The molecule has 4 bridgehead atoms. The number of fused-ring (bicyclic) bond motifs is 10. The van der Waals surface area contributed by atoms with Crippen LogP contribution in [0.2, 0.25) is 0 Å². The largest absolute Gasteiger partial charge is 0.396 e. The highest BCUT2D eigenvalue weighted by Gasteiger charge is 2.63. The minimum Gasteiger partial charge on any atom is -0.396 e. The molecule has 9 atom stereocenters. The summed E-state index contributed by atoms with van der Waals surface area (Å²) in [7, 11) is -1.07. The van der Waals surface area contributed by atoms with Crippen LogP contribution in [0, 0.1) is 70.5 Å². The van der Waals surface area contributed by atoms with Crippen molar-refractivity contribution in [2.45, 2.75) is 59.0 Å². The maximum Gasteiger partial charge on any atom is 0.259 e. The summed E-state index contributed by atoms with van der Waals surface area (Å²) in [5.41, 5.74) is 0. The van der Waals surface area contributed by atoms with Crippen molar-refractivity contribution >= 4 is 8.53 Å². The van der Waals surface area contributed by atoms with E-state index in [1.807, 2.05) is 0 Å². The van der Waals surface area contributed by atoms with E-state index >= 15 is 0 Å². The lowest BCUT2D eigenvalue weighted by atomic mass is 10.0. The summed E-state index contributed by atoms with van der Waals surface area (Å²) in [6, 6.07) is 2.90. The Morgan fingerprint density at radius 3 is 1.79 bits per heavy atom. The van der Waals surface area contributed by atoms with Gasteiger partial charge in [0.25, 0.3) is 8.53 Å². The molecular weight excluding hydrogens is 431 g/mol. The first-order valence-corrected chi connectivity index (χ1v) is 14.3.